The quantitative estimate of drug-likeness (QED) is 0.304. The van der Waals surface area contributed by atoms with E-state index in [1.54, 1.807) is 0 Å². The molecule has 1 fully saturated rings. The highest BCUT2D eigenvalue weighted by atomic mass is 16.4. The molecule has 226 valence electrons. The number of fused-ring (bicyclic) bond motifs is 2. The molecule has 0 spiro atoms. The zero-order valence-electron chi connectivity index (χ0n) is 26.9. The molecule has 1 saturated carbocycles. The highest BCUT2D eigenvalue weighted by Gasteiger charge is 2.44. The van der Waals surface area contributed by atoms with Crippen molar-refractivity contribution in [3.8, 4) is 0 Å². The fraction of sp³-hybridized carbons (Fsp3) is 0.447. The van der Waals surface area contributed by atoms with Gasteiger partial charge in [0.05, 0.1) is 11.1 Å². The number of anilines is 1. The first-order valence-corrected chi connectivity index (χ1v) is 16.1. The molecule has 0 saturated heterocycles. The number of aliphatic imine (C=N–C) groups is 1. The van der Waals surface area contributed by atoms with Crippen LogP contribution in [0, 0.1) is 0 Å². The number of nitrogens with zero attached hydrogens (tertiary/aromatic N) is 3. The number of hydrogen-bond acceptors (Lipinski definition) is 3. The lowest BCUT2D eigenvalue weighted by Gasteiger charge is -2.27. The monoisotopic (exact) mass is 578 g/mol. The molecule has 5 nitrogen and oxygen atoms in total. The molecule has 5 rings (SSSR count). The topological polar surface area (TPSA) is 55.9 Å². The molecule has 1 aliphatic carbocycles. The van der Waals surface area contributed by atoms with Gasteiger partial charge in [-0.15, -0.1) is 0 Å². The van der Waals surface area contributed by atoms with Crippen molar-refractivity contribution in [2.75, 3.05) is 24.5 Å². The maximum Gasteiger partial charge on any atom is 0.325 e. The molecule has 1 N–H and O–H groups in total. The van der Waals surface area contributed by atoms with Crippen molar-refractivity contribution in [3.63, 3.8) is 0 Å². The molecule has 2 aliphatic heterocycles. The normalized spacial score (nSPS) is 22.6. The number of benzene rings is 2. The van der Waals surface area contributed by atoms with Gasteiger partial charge in [-0.25, -0.2) is 0 Å². The van der Waals surface area contributed by atoms with Crippen LogP contribution < -0.4 is 4.90 Å². The van der Waals surface area contributed by atoms with Crippen molar-refractivity contribution in [1.82, 2.24) is 0 Å². The Hall–Kier alpha value is -3.73. The summed E-state index contributed by atoms with van der Waals surface area (Å²) < 4.78 is 2.51. The van der Waals surface area contributed by atoms with E-state index >= 15 is 0 Å². The lowest BCUT2D eigenvalue weighted by molar-refractivity contribution is -0.439. The van der Waals surface area contributed by atoms with Crippen molar-refractivity contribution in [3.05, 3.63) is 94.7 Å². The molecule has 0 amide bonds. The minimum absolute atomic E-state index is 0.0647. The van der Waals surface area contributed by atoms with Gasteiger partial charge >= 0.3 is 5.97 Å². The van der Waals surface area contributed by atoms with Crippen LogP contribution in [-0.2, 0) is 15.6 Å². The second-order valence-corrected chi connectivity index (χ2v) is 13.1. The summed E-state index contributed by atoms with van der Waals surface area (Å²) in [7, 11) is 0. The molecule has 2 aromatic rings. The van der Waals surface area contributed by atoms with E-state index in [0.29, 0.717) is 0 Å². The molecule has 5 heteroatoms. The van der Waals surface area contributed by atoms with E-state index in [-0.39, 0.29) is 17.4 Å². The number of rotatable bonds is 9. The lowest BCUT2D eigenvalue weighted by atomic mass is 9.79. The number of aliphatic carboxylic acids is 1. The van der Waals surface area contributed by atoms with Crippen LogP contribution in [0.3, 0.4) is 0 Å². The lowest BCUT2D eigenvalue weighted by Crippen LogP contribution is -2.29. The summed E-state index contributed by atoms with van der Waals surface area (Å²) in [4.78, 5) is 18.8. The van der Waals surface area contributed by atoms with E-state index in [1.807, 2.05) is 0 Å². The number of allylic oxidation sites excluding steroid dienone is 6. The summed E-state index contributed by atoms with van der Waals surface area (Å²) in [5.41, 5.74) is 11.0. The smallest absolute Gasteiger partial charge is 0.325 e. The zero-order chi connectivity index (χ0) is 30.8. The van der Waals surface area contributed by atoms with Gasteiger partial charge in [0.2, 0.25) is 5.69 Å². The largest absolute Gasteiger partial charge is 0.480 e. The Kier molecular flexibility index (Phi) is 8.91. The SMILES string of the molecule is CCCN1C(=CC=C2CCCC(=CCC3=[N+](CCC)c4ccccc4C3(C)C)C2=NCC(=O)O)C(C)(C)c2ccccc21. The van der Waals surface area contributed by atoms with E-state index in [2.05, 4.69) is 118 Å². The molecule has 0 bridgehead atoms. The fourth-order valence-corrected chi connectivity index (χ4v) is 7.35. The van der Waals surface area contributed by atoms with E-state index in [4.69, 9.17) is 4.99 Å². The van der Waals surface area contributed by atoms with Crippen molar-refractivity contribution in [2.45, 2.75) is 90.9 Å². The molecular weight excluding hydrogens is 530 g/mol. The Morgan fingerprint density at radius 3 is 2.35 bits per heavy atom. The third-order valence-corrected chi connectivity index (χ3v) is 9.47. The van der Waals surface area contributed by atoms with Gasteiger partial charge in [-0.1, -0.05) is 76.2 Å². The first kappa shape index (κ1) is 30.7. The van der Waals surface area contributed by atoms with Gasteiger partial charge in [-0.2, -0.15) is 4.58 Å². The Labute approximate surface area is 258 Å². The standard InChI is InChI=1S/C38H47N3O2/c1-7-24-40-31-18-11-9-16-29(31)37(3,4)33(40)22-20-27-14-13-15-28(36(27)39-26-35(42)43)21-23-34-38(5,6)30-17-10-12-19-32(30)41(34)25-8-2/h9-12,16-22H,7-8,13-15,23-26H2,1-6H3/p+1. The minimum atomic E-state index is -0.896. The predicted octanol–water partition coefficient (Wildman–Crippen LogP) is 8.52. The van der Waals surface area contributed by atoms with Crippen LogP contribution in [0.2, 0.25) is 0 Å². The van der Waals surface area contributed by atoms with Crippen LogP contribution in [0.5, 0.6) is 0 Å². The summed E-state index contributed by atoms with van der Waals surface area (Å²) in [6.07, 6.45) is 12.7. The summed E-state index contributed by atoms with van der Waals surface area (Å²) in [6.45, 7) is 15.5. The minimum Gasteiger partial charge on any atom is -0.480 e. The third-order valence-electron chi connectivity index (χ3n) is 9.47. The van der Waals surface area contributed by atoms with Crippen LogP contribution in [-0.4, -0.2) is 46.7 Å². The van der Waals surface area contributed by atoms with Gasteiger partial charge in [0, 0.05) is 47.8 Å². The highest BCUT2D eigenvalue weighted by molar-refractivity contribution is 6.14. The summed E-state index contributed by atoms with van der Waals surface area (Å²) in [5.74, 6) is -0.896. The molecule has 0 aromatic heterocycles. The first-order valence-electron chi connectivity index (χ1n) is 16.1. The van der Waals surface area contributed by atoms with E-state index < -0.39 is 5.97 Å². The Balaban J connectivity index is 1.53. The average molecular weight is 579 g/mol. The van der Waals surface area contributed by atoms with Gasteiger partial charge in [-0.05, 0) is 68.4 Å². The average Bonchev–Trinajstić information content (AvgIpc) is 3.33. The molecule has 2 aromatic carbocycles. The molecule has 0 radical (unpaired) electrons. The molecule has 43 heavy (non-hydrogen) atoms. The third kappa shape index (κ3) is 5.79. The van der Waals surface area contributed by atoms with Gasteiger partial charge in [0.25, 0.3) is 0 Å². The number of carboxylic acid groups (broad SMARTS) is 1. The molecular formula is C38H48N3O2+. The molecule has 0 atom stereocenters. The van der Waals surface area contributed by atoms with Crippen molar-refractivity contribution in [1.29, 1.82) is 0 Å². The fourth-order valence-electron chi connectivity index (χ4n) is 7.35. The molecule has 3 aliphatic rings. The maximum absolute atomic E-state index is 11.7. The van der Waals surface area contributed by atoms with Gasteiger partial charge < -0.3 is 10.0 Å². The van der Waals surface area contributed by atoms with Crippen LogP contribution in [0.25, 0.3) is 0 Å². The van der Waals surface area contributed by atoms with Crippen molar-refractivity contribution in [2.24, 2.45) is 4.99 Å². The summed E-state index contributed by atoms with van der Waals surface area (Å²) in [5, 5.41) is 9.57. The maximum atomic E-state index is 11.7. The Morgan fingerprint density at radius 1 is 0.930 bits per heavy atom. The number of hydrogen-bond donors (Lipinski definition) is 1. The van der Waals surface area contributed by atoms with Crippen LogP contribution in [0.1, 0.15) is 91.2 Å². The number of carbonyl (C=O) groups is 1. The van der Waals surface area contributed by atoms with E-state index in [0.717, 1.165) is 62.9 Å². The van der Waals surface area contributed by atoms with E-state index in [9.17, 15) is 9.90 Å². The predicted molar refractivity (Wildman–Crippen MR) is 179 cm³/mol. The van der Waals surface area contributed by atoms with E-state index in [1.165, 1.54) is 39.5 Å². The summed E-state index contributed by atoms with van der Waals surface area (Å²) in [6, 6.07) is 17.5. The van der Waals surface area contributed by atoms with Gasteiger partial charge in [0.15, 0.2) is 5.71 Å². The number of para-hydroxylation sites is 2. The van der Waals surface area contributed by atoms with Crippen molar-refractivity contribution < 1.29 is 14.5 Å². The number of carboxylic acids is 1. The Bertz CT molecular complexity index is 1550. The van der Waals surface area contributed by atoms with Crippen LogP contribution in [0.4, 0.5) is 11.4 Å². The Morgan fingerprint density at radius 2 is 1.63 bits per heavy atom. The van der Waals surface area contributed by atoms with Gasteiger partial charge in [-0.3, -0.25) is 9.79 Å². The second kappa shape index (κ2) is 12.5. The second-order valence-electron chi connectivity index (χ2n) is 13.1. The summed E-state index contributed by atoms with van der Waals surface area (Å²) >= 11 is 0. The highest BCUT2D eigenvalue weighted by Crippen LogP contribution is 2.48. The van der Waals surface area contributed by atoms with Crippen LogP contribution in [0.15, 0.2) is 88.6 Å². The molecule has 2 heterocycles. The first-order chi connectivity index (χ1) is 20.6. The molecule has 0 unspecified atom stereocenters. The van der Waals surface area contributed by atoms with Crippen molar-refractivity contribution >= 4 is 28.8 Å². The zero-order valence-corrected chi connectivity index (χ0v) is 26.9. The van der Waals surface area contributed by atoms with Crippen LogP contribution >= 0.6 is 0 Å². The van der Waals surface area contributed by atoms with Gasteiger partial charge in [0.1, 0.15) is 13.1 Å².